The van der Waals surface area contributed by atoms with Crippen LogP contribution in [-0.4, -0.2) is 25.8 Å². The smallest absolute Gasteiger partial charge is 0.434 e. The highest BCUT2D eigenvalue weighted by atomic mass is 16.7. The molecule has 0 atom stereocenters. The van der Waals surface area contributed by atoms with E-state index in [1.54, 1.807) is 31.2 Å². The lowest BCUT2D eigenvalue weighted by Crippen LogP contribution is -2.24. The molecule has 17 heavy (non-hydrogen) atoms. The van der Waals surface area contributed by atoms with E-state index in [0.717, 1.165) is 0 Å². The summed E-state index contributed by atoms with van der Waals surface area (Å²) in [6, 6.07) is 6.03. The van der Waals surface area contributed by atoms with Crippen molar-refractivity contribution in [1.82, 2.24) is 5.32 Å². The van der Waals surface area contributed by atoms with Crippen molar-refractivity contribution in [3.63, 3.8) is 0 Å². The zero-order valence-corrected chi connectivity index (χ0v) is 9.65. The molecule has 0 saturated carbocycles. The molecule has 6 nitrogen and oxygen atoms in total. The fourth-order valence-electron chi connectivity index (χ4n) is 1.04. The molecule has 0 saturated heterocycles. The van der Waals surface area contributed by atoms with E-state index in [9.17, 15) is 9.59 Å². The normalized spacial score (nSPS) is 9.29. The highest BCUT2D eigenvalue weighted by molar-refractivity contribution is 5.89. The van der Waals surface area contributed by atoms with Gasteiger partial charge in [0.1, 0.15) is 5.75 Å². The molecule has 0 heterocycles. The van der Waals surface area contributed by atoms with Crippen LogP contribution in [0.3, 0.4) is 0 Å². The SMILES string of the molecule is CCOC(=O)Oc1ccc(NC(=O)NC)cc1. The third-order valence-electron chi connectivity index (χ3n) is 1.80. The lowest BCUT2D eigenvalue weighted by Gasteiger charge is -2.06. The second kappa shape index (κ2) is 6.37. The van der Waals surface area contributed by atoms with Crippen molar-refractivity contribution in [1.29, 1.82) is 0 Å². The Morgan fingerprint density at radius 1 is 1.24 bits per heavy atom. The number of nitrogens with one attached hydrogen (secondary N) is 2. The number of urea groups is 1. The number of hydrogen-bond acceptors (Lipinski definition) is 4. The lowest BCUT2D eigenvalue weighted by atomic mass is 10.3. The number of anilines is 1. The number of amides is 2. The van der Waals surface area contributed by atoms with E-state index in [1.165, 1.54) is 7.05 Å². The first-order valence-electron chi connectivity index (χ1n) is 5.09. The second-order valence-electron chi connectivity index (χ2n) is 3.01. The molecule has 2 N–H and O–H groups in total. The molecule has 0 bridgehead atoms. The molecule has 0 aliphatic carbocycles. The predicted octanol–water partition coefficient (Wildman–Crippen LogP) is 1.97. The summed E-state index contributed by atoms with van der Waals surface area (Å²) >= 11 is 0. The highest BCUT2D eigenvalue weighted by Gasteiger charge is 2.05. The molecule has 0 aromatic heterocycles. The molecule has 1 aromatic rings. The van der Waals surface area contributed by atoms with Gasteiger partial charge < -0.3 is 20.1 Å². The van der Waals surface area contributed by atoms with E-state index in [-0.39, 0.29) is 12.6 Å². The van der Waals surface area contributed by atoms with Crippen molar-refractivity contribution in [2.45, 2.75) is 6.92 Å². The van der Waals surface area contributed by atoms with Gasteiger partial charge in [-0.2, -0.15) is 0 Å². The predicted molar refractivity (Wildman–Crippen MR) is 62.2 cm³/mol. The van der Waals surface area contributed by atoms with Crippen LogP contribution in [0.1, 0.15) is 6.92 Å². The number of hydrogen-bond donors (Lipinski definition) is 2. The van der Waals surface area contributed by atoms with Crippen molar-refractivity contribution >= 4 is 17.9 Å². The monoisotopic (exact) mass is 238 g/mol. The van der Waals surface area contributed by atoms with E-state index in [2.05, 4.69) is 15.4 Å². The summed E-state index contributed by atoms with van der Waals surface area (Å²) in [5.74, 6) is 0.353. The minimum atomic E-state index is -0.750. The van der Waals surface area contributed by atoms with Crippen LogP contribution >= 0.6 is 0 Å². The number of rotatable bonds is 3. The minimum Gasteiger partial charge on any atom is -0.434 e. The van der Waals surface area contributed by atoms with Crippen LogP contribution in [0, 0.1) is 0 Å². The van der Waals surface area contributed by atoms with Crippen molar-refractivity contribution in [2.24, 2.45) is 0 Å². The van der Waals surface area contributed by atoms with Crippen molar-refractivity contribution in [3.8, 4) is 5.75 Å². The molecule has 1 aromatic carbocycles. The quantitative estimate of drug-likeness (QED) is 0.623. The van der Waals surface area contributed by atoms with Crippen LogP contribution in [0.25, 0.3) is 0 Å². The summed E-state index contributed by atoms with van der Waals surface area (Å²) < 4.78 is 9.47. The van der Waals surface area contributed by atoms with Gasteiger partial charge in [-0.25, -0.2) is 9.59 Å². The largest absolute Gasteiger partial charge is 0.513 e. The third-order valence-corrected chi connectivity index (χ3v) is 1.80. The molecule has 0 unspecified atom stereocenters. The average molecular weight is 238 g/mol. The summed E-state index contributed by atoms with van der Waals surface area (Å²) in [5.41, 5.74) is 0.598. The van der Waals surface area contributed by atoms with Gasteiger partial charge in [-0.3, -0.25) is 0 Å². The second-order valence-corrected chi connectivity index (χ2v) is 3.01. The van der Waals surface area contributed by atoms with Gasteiger partial charge in [0.15, 0.2) is 0 Å². The minimum absolute atomic E-state index is 0.259. The third kappa shape index (κ3) is 4.42. The summed E-state index contributed by atoms with van der Waals surface area (Å²) in [5, 5.41) is 5.00. The Bertz CT molecular complexity index is 389. The Kier molecular flexibility index (Phi) is 4.80. The first-order valence-corrected chi connectivity index (χ1v) is 5.09. The van der Waals surface area contributed by atoms with Gasteiger partial charge >= 0.3 is 12.2 Å². The van der Waals surface area contributed by atoms with E-state index in [1.807, 2.05) is 0 Å². The van der Waals surface area contributed by atoms with Crippen LogP contribution in [-0.2, 0) is 4.74 Å². The maximum atomic E-state index is 11.0. The van der Waals surface area contributed by atoms with E-state index in [4.69, 9.17) is 4.74 Å². The molecule has 0 spiro atoms. The summed E-state index contributed by atoms with van der Waals surface area (Å²) in [6.45, 7) is 1.95. The maximum Gasteiger partial charge on any atom is 0.513 e. The molecule has 0 aliphatic heterocycles. The molecule has 0 fully saturated rings. The number of benzene rings is 1. The molecular weight excluding hydrogens is 224 g/mol. The van der Waals surface area contributed by atoms with E-state index < -0.39 is 6.16 Å². The molecular formula is C11H14N2O4. The fourth-order valence-corrected chi connectivity index (χ4v) is 1.04. The molecule has 92 valence electrons. The average Bonchev–Trinajstić information content (AvgIpc) is 2.32. The van der Waals surface area contributed by atoms with Gasteiger partial charge in [0.25, 0.3) is 0 Å². The molecule has 0 aliphatic rings. The molecule has 1 rings (SSSR count). The Hall–Kier alpha value is -2.24. The van der Waals surface area contributed by atoms with Gasteiger partial charge in [-0.1, -0.05) is 0 Å². The Morgan fingerprint density at radius 2 is 1.88 bits per heavy atom. The zero-order chi connectivity index (χ0) is 12.7. The first kappa shape index (κ1) is 12.8. The Labute approximate surface area is 98.9 Å². The fraction of sp³-hybridized carbons (Fsp3) is 0.273. The van der Waals surface area contributed by atoms with Crippen molar-refractivity contribution in [3.05, 3.63) is 24.3 Å². The number of carbonyl (C=O) groups excluding carboxylic acids is 2. The van der Waals surface area contributed by atoms with E-state index in [0.29, 0.717) is 11.4 Å². The molecule has 2 amide bonds. The number of ether oxygens (including phenoxy) is 2. The van der Waals surface area contributed by atoms with Crippen LogP contribution in [0.15, 0.2) is 24.3 Å². The summed E-state index contributed by atoms with van der Waals surface area (Å²) in [6.07, 6.45) is -0.750. The summed E-state index contributed by atoms with van der Waals surface area (Å²) in [7, 11) is 1.52. The standard InChI is InChI=1S/C11H14N2O4/c1-3-16-11(15)17-9-6-4-8(5-7-9)13-10(14)12-2/h4-7H,3H2,1-2H3,(H2,12,13,14). The van der Waals surface area contributed by atoms with Gasteiger partial charge in [0.2, 0.25) is 0 Å². The van der Waals surface area contributed by atoms with Crippen molar-refractivity contribution in [2.75, 3.05) is 19.0 Å². The van der Waals surface area contributed by atoms with Gasteiger partial charge in [-0.05, 0) is 31.2 Å². The molecule has 0 radical (unpaired) electrons. The topological polar surface area (TPSA) is 76.7 Å². The van der Waals surface area contributed by atoms with Crippen LogP contribution in [0.5, 0.6) is 5.75 Å². The molecule has 6 heteroatoms. The zero-order valence-electron chi connectivity index (χ0n) is 9.65. The first-order chi connectivity index (χ1) is 8.15. The number of carbonyl (C=O) groups is 2. The van der Waals surface area contributed by atoms with Crippen molar-refractivity contribution < 1.29 is 19.1 Å². The lowest BCUT2D eigenvalue weighted by molar-refractivity contribution is 0.104. The van der Waals surface area contributed by atoms with Gasteiger partial charge in [0.05, 0.1) is 6.61 Å². The van der Waals surface area contributed by atoms with Crippen LogP contribution in [0.4, 0.5) is 15.3 Å². The maximum absolute atomic E-state index is 11.0. The Balaban J connectivity index is 2.55. The van der Waals surface area contributed by atoms with Crippen LogP contribution < -0.4 is 15.4 Å². The highest BCUT2D eigenvalue weighted by Crippen LogP contribution is 2.16. The Morgan fingerprint density at radius 3 is 2.41 bits per heavy atom. The van der Waals surface area contributed by atoms with Crippen LogP contribution in [0.2, 0.25) is 0 Å². The van der Waals surface area contributed by atoms with Gasteiger partial charge in [0, 0.05) is 12.7 Å². The van der Waals surface area contributed by atoms with E-state index >= 15 is 0 Å². The van der Waals surface area contributed by atoms with Gasteiger partial charge in [-0.15, -0.1) is 0 Å². The summed E-state index contributed by atoms with van der Waals surface area (Å²) in [4.78, 5) is 22.0.